The molecular weight excluding hydrogens is 259 g/mol. The monoisotopic (exact) mass is 270 g/mol. The first-order chi connectivity index (χ1) is 9.65. The number of nitrogens with one attached hydrogen (secondary N) is 1. The van der Waals surface area contributed by atoms with Gasteiger partial charge in [-0.25, -0.2) is 9.18 Å². The van der Waals surface area contributed by atoms with Gasteiger partial charge >= 0.3 is 6.03 Å². The summed E-state index contributed by atoms with van der Waals surface area (Å²) >= 11 is 0. The van der Waals surface area contributed by atoms with Crippen molar-refractivity contribution < 1.29 is 9.18 Å². The Morgan fingerprint density at radius 2 is 1.85 bits per heavy atom. The number of carbonyl (C=O) groups is 1. The second kappa shape index (κ2) is 4.65. The van der Waals surface area contributed by atoms with Crippen LogP contribution in [0.25, 0.3) is 10.9 Å². The lowest BCUT2D eigenvalue weighted by Gasteiger charge is -2.02. The minimum absolute atomic E-state index is 0.317. The van der Waals surface area contributed by atoms with E-state index in [9.17, 15) is 9.18 Å². The first-order valence-corrected chi connectivity index (χ1v) is 5.95. The van der Waals surface area contributed by atoms with Gasteiger partial charge in [0.2, 0.25) is 0 Å². The summed E-state index contributed by atoms with van der Waals surface area (Å²) in [6, 6.07) is 12.4. The van der Waals surface area contributed by atoms with Gasteiger partial charge in [0.1, 0.15) is 5.82 Å². The van der Waals surface area contributed by atoms with Crippen LogP contribution in [0.3, 0.4) is 0 Å². The molecule has 2 aromatic carbocycles. The van der Waals surface area contributed by atoms with Crippen molar-refractivity contribution in [1.29, 1.82) is 0 Å². The lowest BCUT2D eigenvalue weighted by Crippen LogP contribution is -2.20. The fraction of sp³-hybridized carbons (Fsp3) is 0. The Morgan fingerprint density at radius 1 is 1.15 bits per heavy atom. The fourth-order valence-corrected chi connectivity index (χ4v) is 2.00. The number of fused-ring (bicyclic) bond motifs is 1. The summed E-state index contributed by atoms with van der Waals surface area (Å²) in [5.74, 6) is 0.175. The van der Waals surface area contributed by atoms with Crippen molar-refractivity contribution in [3.8, 4) is 0 Å². The molecule has 0 unspecified atom stereocenters. The molecule has 100 valence electrons. The zero-order chi connectivity index (χ0) is 14.1. The van der Waals surface area contributed by atoms with E-state index in [1.807, 2.05) is 12.1 Å². The molecule has 0 aliphatic carbocycles. The van der Waals surface area contributed by atoms with Crippen LogP contribution in [0.4, 0.5) is 20.7 Å². The Kier molecular flexibility index (Phi) is 2.83. The third-order valence-electron chi connectivity index (χ3n) is 2.90. The van der Waals surface area contributed by atoms with Gasteiger partial charge in [-0.15, -0.1) is 5.10 Å². The molecular formula is C14H11FN4O. The van der Waals surface area contributed by atoms with Gasteiger partial charge < -0.3 is 11.1 Å². The fourth-order valence-electron chi connectivity index (χ4n) is 2.00. The van der Waals surface area contributed by atoms with Crippen molar-refractivity contribution in [1.82, 2.24) is 9.78 Å². The molecule has 0 atom stereocenters. The number of halogens is 1. The number of benzene rings is 2. The number of nitrogens with two attached hydrogens (primary N) is 1. The van der Waals surface area contributed by atoms with E-state index in [0.29, 0.717) is 17.0 Å². The summed E-state index contributed by atoms with van der Waals surface area (Å²) in [5, 5.41) is 7.95. The molecule has 3 N–H and O–H groups in total. The summed E-state index contributed by atoms with van der Waals surface area (Å²) in [6.07, 6.45) is 0. The summed E-state index contributed by atoms with van der Waals surface area (Å²) in [6.45, 7) is 0. The first-order valence-electron chi connectivity index (χ1n) is 5.95. The van der Waals surface area contributed by atoms with Crippen LogP contribution in [-0.4, -0.2) is 15.8 Å². The van der Waals surface area contributed by atoms with E-state index >= 15 is 0 Å². The normalized spacial score (nSPS) is 10.7. The second-order valence-corrected chi connectivity index (χ2v) is 4.25. The highest BCUT2D eigenvalue weighted by molar-refractivity contribution is 5.97. The maximum Gasteiger partial charge on any atom is 0.340 e. The molecule has 0 fully saturated rings. The number of primary amides is 1. The predicted octanol–water partition coefficient (Wildman–Crippen LogP) is 2.85. The molecule has 0 spiro atoms. The van der Waals surface area contributed by atoms with Crippen LogP contribution >= 0.6 is 0 Å². The van der Waals surface area contributed by atoms with Crippen molar-refractivity contribution in [3.05, 3.63) is 54.3 Å². The maximum absolute atomic E-state index is 12.9. The van der Waals surface area contributed by atoms with E-state index in [4.69, 9.17) is 5.73 Å². The molecule has 1 heterocycles. The van der Waals surface area contributed by atoms with Crippen LogP contribution in [-0.2, 0) is 0 Å². The van der Waals surface area contributed by atoms with Gasteiger partial charge in [-0.1, -0.05) is 12.1 Å². The van der Waals surface area contributed by atoms with Gasteiger partial charge in [0.05, 0.1) is 5.52 Å². The molecule has 3 rings (SSSR count). The molecule has 1 aromatic heterocycles. The van der Waals surface area contributed by atoms with Gasteiger partial charge in [0.15, 0.2) is 5.82 Å². The average molecular weight is 270 g/mol. The highest BCUT2D eigenvalue weighted by Crippen LogP contribution is 2.25. The molecule has 0 radical (unpaired) electrons. The second-order valence-electron chi connectivity index (χ2n) is 4.25. The third kappa shape index (κ3) is 2.07. The molecule has 0 aliphatic rings. The largest absolute Gasteiger partial charge is 0.350 e. The van der Waals surface area contributed by atoms with Crippen LogP contribution in [0.15, 0.2) is 48.5 Å². The van der Waals surface area contributed by atoms with E-state index in [1.165, 1.54) is 12.1 Å². The minimum atomic E-state index is -0.659. The van der Waals surface area contributed by atoms with Gasteiger partial charge in [0.25, 0.3) is 0 Å². The Labute approximate surface area is 113 Å². The number of rotatable bonds is 2. The van der Waals surface area contributed by atoms with Crippen LogP contribution in [0.5, 0.6) is 0 Å². The highest BCUT2D eigenvalue weighted by atomic mass is 19.1. The highest BCUT2D eigenvalue weighted by Gasteiger charge is 2.13. The number of anilines is 2. The molecule has 0 bridgehead atoms. The van der Waals surface area contributed by atoms with Crippen molar-refractivity contribution in [2.24, 2.45) is 5.73 Å². The van der Waals surface area contributed by atoms with E-state index in [2.05, 4.69) is 10.4 Å². The quantitative estimate of drug-likeness (QED) is 0.752. The molecule has 5 nitrogen and oxygen atoms in total. The van der Waals surface area contributed by atoms with Crippen molar-refractivity contribution in [3.63, 3.8) is 0 Å². The van der Waals surface area contributed by atoms with Gasteiger partial charge in [-0.2, -0.15) is 4.68 Å². The first kappa shape index (κ1) is 12.2. The third-order valence-corrected chi connectivity index (χ3v) is 2.90. The lowest BCUT2D eigenvalue weighted by atomic mass is 10.2. The number of amides is 1. The molecule has 0 saturated carbocycles. The summed E-state index contributed by atoms with van der Waals surface area (Å²) in [7, 11) is 0. The number of hydrogen-bond donors (Lipinski definition) is 2. The standard InChI is InChI=1S/C14H11FN4O/c15-9-5-7-10(8-6-9)17-13-11-3-1-2-4-12(11)19(18-13)14(16)20/h1-8H,(H2,16,20)(H,17,18). The number of para-hydroxylation sites is 1. The Morgan fingerprint density at radius 3 is 2.55 bits per heavy atom. The number of carbonyl (C=O) groups excluding carboxylic acids is 1. The molecule has 6 heteroatoms. The molecule has 0 saturated heterocycles. The Balaban J connectivity index is 2.07. The van der Waals surface area contributed by atoms with Crippen LogP contribution in [0, 0.1) is 5.82 Å². The molecule has 0 aliphatic heterocycles. The van der Waals surface area contributed by atoms with E-state index < -0.39 is 6.03 Å². The lowest BCUT2D eigenvalue weighted by molar-refractivity contribution is 0.248. The van der Waals surface area contributed by atoms with Crippen molar-refractivity contribution in [2.75, 3.05) is 5.32 Å². The molecule has 20 heavy (non-hydrogen) atoms. The maximum atomic E-state index is 12.9. The number of aromatic nitrogens is 2. The number of nitrogens with zero attached hydrogens (tertiary/aromatic N) is 2. The van der Waals surface area contributed by atoms with Crippen molar-refractivity contribution >= 4 is 28.4 Å². The van der Waals surface area contributed by atoms with Gasteiger partial charge in [0, 0.05) is 11.1 Å². The topological polar surface area (TPSA) is 72.9 Å². The number of hydrogen-bond acceptors (Lipinski definition) is 3. The molecule has 3 aromatic rings. The Bertz CT molecular complexity index is 779. The predicted molar refractivity (Wildman–Crippen MR) is 74.4 cm³/mol. The summed E-state index contributed by atoms with van der Waals surface area (Å²) < 4.78 is 14.0. The minimum Gasteiger partial charge on any atom is -0.350 e. The van der Waals surface area contributed by atoms with Gasteiger partial charge in [-0.3, -0.25) is 0 Å². The molecule has 1 amide bonds. The Hall–Kier alpha value is -2.89. The summed E-state index contributed by atoms with van der Waals surface area (Å²) in [4.78, 5) is 11.4. The van der Waals surface area contributed by atoms with Gasteiger partial charge in [-0.05, 0) is 36.4 Å². The average Bonchev–Trinajstić information content (AvgIpc) is 2.81. The zero-order valence-corrected chi connectivity index (χ0v) is 10.4. The zero-order valence-electron chi connectivity index (χ0n) is 10.4. The SMILES string of the molecule is NC(=O)n1nc(Nc2ccc(F)cc2)c2ccccc21. The van der Waals surface area contributed by atoms with E-state index in [0.717, 1.165) is 10.1 Å². The van der Waals surface area contributed by atoms with Crippen LogP contribution < -0.4 is 11.1 Å². The van der Waals surface area contributed by atoms with E-state index in [-0.39, 0.29) is 5.82 Å². The van der Waals surface area contributed by atoms with Crippen molar-refractivity contribution in [2.45, 2.75) is 0 Å². The van der Waals surface area contributed by atoms with Crippen LogP contribution in [0.1, 0.15) is 0 Å². The summed E-state index contributed by atoms with van der Waals surface area (Å²) in [5.41, 5.74) is 6.58. The smallest absolute Gasteiger partial charge is 0.340 e. The van der Waals surface area contributed by atoms with E-state index in [1.54, 1.807) is 24.3 Å². The van der Waals surface area contributed by atoms with Crippen LogP contribution in [0.2, 0.25) is 0 Å².